The molecule has 70 valence electrons. The first-order chi connectivity index (χ1) is 6.07. The summed E-state index contributed by atoms with van der Waals surface area (Å²) in [6.07, 6.45) is 0.520. The van der Waals surface area contributed by atoms with Crippen LogP contribution >= 0.6 is 0 Å². The standard InChI is InChI=1S/C11H16N2/c1-8(2)13-9(3)7-11(5-6-12)10(13)4/h7-8H,5H2,1-4H3. The van der Waals surface area contributed by atoms with Gasteiger partial charge in [0.1, 0.15) is 0 Å². The van der Waals surface area contributed by atoms with Crippen molar-refractivity contribution >= 4 is 0 Å². The van der Waals surface area contributed by atoms with Gasteiger partial charge in [-0.25, -0.2) is 0 Å². The van der Waals surface area contributed by atoms with Crippen molar-refractivity contribution in [2.75, 3.05) is 0 Å². The Morgan fingerprint density at radius 2 is 2.08 bits per heavy atom. The molecule has 2 nitrogen and oxygen atoms in total. The van der Waals surface area contributed by atoms with E-state index >= 15 is 0 Å². The van der Waals surface area contributed by atoms with Crippen LogP contribution in [0, 0.1) is 25.2 Å². The monoisotopic (exact) mass is 176 g/mol. The van der Waals surface area contributed by atoms with Gasteiger partial charge in [0.05, 0.1) is 12.5 Å². The molecule has 0 aliphatic rings. The molecule has 13 heavy (non-hydrogen) atoms. The predicted octanol–water partition coefficient (Wildman–Crippen LogP) is 2.75. The van der Waals surface area contributed by atoms with E-state index in [1.54, 1.807) is 0 Å². The minimum absolute atomic E-state index is 0.479. The Morgan fingerprint density at radius 1 is 1.46 bits per heavy atom. The van der Waals surface area contributed by atoms with Crippen LogP contribution in [-0.2, 0) is 6.42 Å². The maximum absolute atomic E-state index is 8.62. The summed E-state index contributed by atoms with van der Waals surface area (Å²) in [6, 6.07) is 4.78. The molecular formula is C11H16N2. The first kappa shape index (κ1) is 9.85. The molecule has 0 atom stereocenters. The summed E-state index contributed by atoms with van der Waals surface area (Å²) in [5.74, 6) is 0. The van der Waals surface area contributed by atoms with Crippen molar-refractivity contribution in [1.29, 1.82) is 5.26 Å². The van der Waals surface area contributed by atoms with Crippen LogP contribution in [0.5, 0.6) is 0 Å². The molecule has 1 aromatic heterocycles. The molecule has 0 radical (unpaired) electrons. The highest BCUT2D eigenvalue weighted by Crippen LogP contribution is 2.19. The summed E-state index contributed by atoms with van der Waals surface area (Å²) in [7, 11) is 0. The molecule has 0 amide bonds. The third-order valence-electron chi connectivity index (χ3n) is 2.38. The Hall–Kier alpha value is -1.23. The second-order valence-electron chi connectivity index (χ2n) is 3.70. The highest BCUT2D eigenvalue weighted by atomic mass is 15.0. The van der Waals surface area contributed by atoms with E-state index in [1.807, 2.05) is 0 Å². The Balaban J connectivity index is 3.16. The van der Waals surface area contributed by atoms with Crippen LogP contribution in [0.15, 0.2) is 6.07 Å². The number of aryl methyl sites for hydroxylation is 1. The second kappa shape index (κ2) is 3.66. The van der Waals surface area contributed by atoms with E-state index < -0.39 is 0 Å². The van der Waals surface area contributed by atoms with Gasteiger partial charge in [-0.05, 0) is 39.3 Å². The molecule has 0 saturated carbocycles. The summed E-state index contributed by atoms with van der Waals surface area (Å²) >= 11 is 0. The number of nitriles is 1. The van der Waals surface area contributed by atoms with Crippen molar-refractivity contribution in [3.05, 3.63) is 23.0 Å². The lowest BCUT2D eigenvalue weighted by Crippen LogP contribution is -2.04. The molecule has 0 bridgehead atoms. The molecule has 1 aromatic rings. The Kier molecular flexibility index (Phi) is 2.77. The molecule has 0 aliphatic carbocycles. The van der Waals surface area contributed by atoms with Gasteiger partial charge in [0.15, 0.2) is 0 Å². The molecule has 1 rings (SSSR count). The number of rotatable bonds is 2. The SMILES string of the molecule is Cc1cc(CC#N)c(C)n1C(C)C. The molecule has 0 aliphatic heterocycles. The molecule has 2 heteroatoms. The van der Waals surface area contributed by atoms with E-state index in [4.69, 9.17) is 5.26 Å². The van der Waals surface area contributed by atoms with Gasteiger partial charge in [0.25, 0.3) is 0 Å². The molecule has 1 heterocycles. The van der Waals surface area contributed by atoms with Crippen molar-refractivity contribution in [3.63, 3.8) is 0 Å². The summed E-state index contributed by atoms with van der Waals surface area (Å²) in [5.41, 5.74) is 3.64. The molecule has 0 saturated heterocycles. The van der Waals surface area contributed by atoms with Crippen molar-refractivity contribution in [2.45, 2.75) is 40.2 Å². The van der Waals surface area contributed by atoms with Crippen molar-refractivity contribution < 1.29 is 0 Å². The lowest BCUT2D eigenvalue weighted by molar-refractivity contribution is 0.573. The van der Waals surface area contributed by atoms with Crippen LogP contribution in [0.4, 0.5) is 0 Å². The normalized spacial score (nSPS) is 10.5. The smallest absolute Gasteiger partial charge is 0.0670 e. The van der Waals surface area contributed by atoms with E-state index in [-0.39, 0.29) is 0 Å². The van der Waals surface area contributed by atoms with E-state index in [9.17, 15) is 0 Å². The largest absolute Gasteiger partial charge is 0.346 e. The third kappa shape index (κ3) is 1.75. The number of hydrogen-bond donors (Lipinski definition) is 0. The van der Waals surface area contributed by atoms with Crippen molar-refractivity contribution in [2.24, 2.45) is 0 Å². The fourth-order valence-electron chi connectivity index (χ4n) is 1.90. The fraction of sp³-hybridized carbons (Fsp3) is 0.545. The molecule has 0 aromatic carbocycles. The highest BCUT2D eigenvalue weighted by Gasteiger charge is 2.10. The average Bonchev–Trinajstić information content (AvgIpc) is 2.28. The van der Waals surface area contributed by atoms with Crippen LogP contribution in [0.2, 0.25) is 0 Å². The van der Waals surface area contributed by atoms with Gasteiger partial charge in [-0.3, -0.25) is 0 Å². The van der Waals surface area contributed by atoms with Crippen molar-refractivity contribution in [1.82, 2.24) is 4.57 Å². The van der Waals surface area contributed by atoms with Gasteiger partial charge >= 0.3 is 0 Å². The Bertz CT molecular complexity index is 340. The minimum atomic E-state index is 0.479. The van der Waals surface area contributed by atoms with E-state index in [1.165, 1.54) is 11.4 Å². The van der Waals surface area contributed by atoms with E-state index in [0.29, 0.717) is 12.5 Å². The fourth-order valence-corrected chi connectivity index (χ4v) is 1.90. The lowest BCUT2D eigenvalue weighted by atomic mass is 10.2. The first-order valence-corrected chi connectivity index (χ1v) is 4.62. The molecular weight excluding hydrogens is 160 g/mol. The predicted molar refractivity (Wildman–Crippen MR) is 53.6 cm³/mol. The van der Waals surface area contributed by atoms with Crippen LogP contribution in [0.1, 0.15) is 36.8 Å². The average molecular weight is 176 g/mol. The molecule has 0 N–H and O–H groups in total. The third-order valence-corrected chi connectivity index (χ3v) is 2.38. The van der Waals surface area contributed by atoms with Crippen LogP contribution in [-0.4, -0.2) is 4.57 Å². The topological polar surface area (TPSA) is 28.7 Å². The van der Waals surface area contributed by atoms with E-state index in [0.717, 1.165) is 5.56 Å². The van der Waals surface area contributed by atoms with Crippen LogP contribution in [0.25, 0.3) is 0 Å². The second-order valence-corrected chi connectivity index (χ2v) is 3.70. The zero-order valence-corrected chi connectivity index (χ0v) is 8.76. The molecule has 0 spiro atoms. The van der Waals surface area contributed by atoms with Gasteiger partial charge in [-0.1, -0.05) is 0 Å². The summed E-state index contributed by atoms with van der Waals surface area (Å²) in [6.45, 7) is 8.50. The quantitative estimate of drug-likeness (QED) is 0.681. The van der Waals surface area contributed by atoms with Gasteiger partial charge in [0, 0.05) is 17.4 Å². The Labute approximate surface area is 79.8 Å². The van der Waals surface area contributed by atoms with Crippen LogP contribution in [0.3, 0.4) is 0 Å². The number of aromatic nitrogens is 1. The lowest BCUT2D eigenvalue weighted by Gasteiger charge is -2.13. The van der Waals surface area contributed by atoms with Gasteiger partial charge in [-0.2, -0.15) is 5.26 Å². The van der Waals surface area contributed by atoms with Gasteiger partial charge < -0.3 is 4.57 Å². The van der Waals surface area contributed by atoms with Crippen molar-refractivity contribution in [3.8, 4) is 6.07 Å². The molecule has 0 unspecified atom stereocenters. The van der Waals surface area contributed by atoms with Crippen LogP contribution < -0.4 is 0 Å². The zero-order valence-electron chi connectivity index (χ0n) is 8.76. The van der Waals surface area contributed by atoms with E-state index in [2.05, 4.69) is 44.4 Å². The number of nitrogens with zero attached hydrogens (tertiary/aromatic N) is 2. The first-order valence-electron chi connectivity index (χ1n) is 4.62. The minimum Gasteiger partial charge on any atom is -0.346 e. The summed E-state index contributed by atoms with van der Waals surface area (Å²) in [5, 5.41) is 8.62. The maximum Gasteiger partial charge on any atom is 0.0670 e. The summed E-state index contributed by atoms with van der Waals surface area (Å²) in [4.78, 5) is 0. The summed E-state index contributed by atoms with van der Waals surface area (Å²) < 4.78 is 2.27. The Morgan fingerprint density at radius 3 is 2.46 bits per heavy atom. The maximum atomic E-state index is 8.62. The zero-order chi connectivity index (χ0) is 10.0. The molecule has 0 fully saturated rings. The highest BCUT2D eigenvalue weighted by molar-refractivity contribution is 5.29. The van der Waals surface area contributed by atoms with Gasteiger partial charge in [-0.15, -0.1) is 0 Å². The number of hydrogen-bond acceptors (Lipinski definition) is 1. The van der Waals surface area contributed by atoms with Gasteiger partial charge in [0.2, 0.25) is 0 Å².